The number of hydrogen-bond acceptors (Lipinski definition) is 3. The Morgan fingerprint density at radius 3 is 3.06 bits per heavy atom. The van der Waals surface area contributed by atoms with Crippen molar-refractivity contribution in [3.63, 3.8) is 0 Å². The molecule has 0 spiro atoms. The molecule has 1 saturated carbocycles. The van der Waals surface area contributed by atoms with Crippen molar-refractivity contribution in [3.8, 4) is 10.4 Å². The monoisotopic (exact) mass is 261 g/mol. The number of rotatable bonds is 5. The largest absolute Gasteiger partial charge is 0.311 e. The topological polar surface area (TPSA) is 12.0 Å². The van der Waals surface area contributed by atoms with E-state index in [0.717, 1.165) is 12.6 Å². The smallest absolute Gasteiger partial charge is 0.0351 e. The van der Waals surface area contributed by atoms with Gasteiger partial charge >= 0.3 is 0 Å². The van der Waals surface area contributed by atoms with Crippen LogP contribution in [0, 0.1) is 0 Å². The maximum Gasteiger partial charge on any atom is 0.0351 e. The summed E-state index contributed by atoms with van der Waals surface area (Å²) >= 11 is 3.61. The Hall–Kier alpha value is -0.900. The number of nitrogens with one attached hydrogen (secondary N) is 1. The van der Waals surface area contributed by atoms with Gasteiger partial charge in [0.05, 0.1) is 0 Å². The number of thiophene rings is 2. The molecule has 3 heteroatoms. The molecule has 0 saturated heterocycles. The van der Waals surface area contributed by atoms with Gasteiger partial charge in [-0.1, -0.05) is 12.1 Å². The molecule has 17 heavy (non-hydrogen) atoms. The van der Waals surface area contributed by atoms with Gasteiger partial charge in [0.2, 0.25) is 0 Å². The van der Waals surface area contributed by atoms with Gasteiger partial charge in [-0.3, -0.25) is 0 Å². The minimum Gasteiger partial charge on any atom is -0.311 e. The van der Waals surface area contributed by atoms with Gasteiger partial charge in [-0.2, -0.15) is 0 Å². The molecule has 1 aliphatic carbocycles. The average Bonchev–Trinajstić information content (AvgIpc) is 2.84. The molecule has 0 aliphatic heterocycles. The molecule has 2 aromatic rings. The van der Waals surface area contributed by atoms with Crippen LogP contribution in [0.25, 0.3) is 16.5 Å². The summed E-state index contributed by atoms with van der Waals surface area (Å²) in [5.41, 5.74) is 1.35. The van der Waals surface area contributed by atoms with Gasteiger partial charge in [0.25, 0.3) is 0 Å². The van der Waals surface area contributed by atoms with E-state index in [1.54, 1.807) is 11.3 Å². The average molecular weight is 261 g/mol. The molecule has 0 unspecified atom stereocenters. The van der Waals surface area contributed by atoms with E-state index in [1.807, 2.05) is 11.3 Å². The molecule has 0 radical (unpaired) electrons. The molecule has 0 atom stereocenters. The lowest BCUT2D eigenvalue weighted by Gasteiger charge is -1.94. The van der Waals surface area contributed by atoms with Crippen LogP contribution in [-0.4, -0.2) is 12.6 Å². The summed E-state index contributed by atoms with van der Waals surface area (Å²) in [4.78, 5) is 2.70. The number of hydrogen-bond donors (Lipinski definition) is 1. The van der Waals surface area contributed by atoms with E-state index in [4.69, 9.17) is 0 Å². The summed E-state index contributed by atoms with van der Waals surface area (Å²) in [6.07, 6.45) is 7.16. The lowest BCUT2D eigenvalue weighted by atomic mass is 10.2. The van der Waals surface area contributed by atoms with Crippen molar-refractivity contribution < 1.29 is 0 Å². The van der Waals surface area contributed by atoms with Gasteiger partial charge in [0.1, 0.15) is 0 Å². The van der Waals surface area contributed by atoms with E-state index >= 15 is 0 Å². The molecule has 1 aliphatic rings. The highest BCUT2D eigenvalue weighted by atomic mass is 32.1. The molecular formula is C14H15NS2. The minimum atomic E-state index is 0.796. The summed E-state index contributed by atoms with van der Waals surface area (Å²) in [6.45, 7) is 0.997. The van der Waals surface area contributed by atoms with Crippen LogP contribution in [0.15, 0.2) is 35.0 Å². The molecule has 1 nitrogen and oxygen atoms in total. The summed E-state index contributed by atoms with van der Waals surface area (Å²) in [5, 5.41) is 7.84. The summed E-state index contributed by atoms with van der Waals surface area (Å²) in [5.74, 6) is 0. The highest BCUT2D eigenvalue weighted by Gasteiger charge is 2.18. The fourth-order valence-corrected chi connectivity index (χ4v) is 3.33. The van der Waals surface area contributed by atoms with Crippen molar-refractivity contribution in [3.05, 3.63) is 39.9 Å². The first-order valence-corrected chi connectivity index (χ1v) is 7.70. The predicted molar refractivity (Wildman–Crippen MR) is 77.7 cm³/mol. The van der Waals surface area contributed by atoms with E-state index in [9.17, 15) is 0 Å². The second-order valence-corrected chi connectivity index (χ2v) is 6.19. The third-order valence-electron chi connectivity index (χ3n) is 2.81. The molecule has 1 fully saturated rings. The fourth-order valence-electron chi connectivity index (χ4n) is 1.71. The van der Waals surface area contributed by atoms with Crippen LogP contribution >= 0.6 is 22.7 Å². The van der Waals surface area contributed by atoms with Crippen LogP contribution in [0.4, 0.5) is 0 Å². The molecule has 0 aromatic carbocycles. The molecule has 2 heterocycles. The van der Waals surface area contributed by atoms with E-state index in [2.05, 4.69) is 46.4 Å². The van der Waals surface area contributed by atoms with Gasteiger partial charge in [-0.15, -0.1) is 22.7 Å². The van der Waals surface area contributed by atoms with E-state index in [1.165, 1.54) is 28.2 Å². The first kappa shape index (κ1) is 11.2. The highest BCUT2D eigenvalue weighted by molar-refractivity contribution is 7.15. The summed E-state index contributed by atoms with van der Waals surface area (Å²) in [7, 11) is 0. The Morgan fingerprint density at radius 1 is 1.35 bits per heavy atom. The Kier molecular flexibility index (Phi) is 3.41. The Balaban J connectivity index is 1.59. The second kappa shape index (κ2) is 5.17. The zero-order chi connectivity index (χ0) is 11.5. The van der Waals surface area contributed by atoms with Crippen molar-refractivity contribution in [2.45, 2.75) is 18.9 Å². The minimum absolute atomic E-state index is 0.796. The maximum absolute atomic E-state index is 3.48. The van der Waals surface area contributed by atoms with Gasteiger partial charge in [0.15, 0.2) is 0 Å². The molecule has 1 N–H and O–H groups in total. The Labute approximate surface area is 110 Å². The quantitative estimate of drug-likeness (QED) is 0.849. The maximum atomic E-state index is 3.48. The zero-order valence-corrected chi connectivity index (χ0v) is 11.2. The van der Waals surface area contributed by atoms with Crippen molar-refractivity contribution in [1.29, 1.82) is 0 Å². The van der Waals surface area contributed by atoms with E-state index in [0.29, 0.717) is 0 Å². The Bertz CT molecular complexity index is 492. The second-order valence-electron chi connectivity index (χ2n) is 4.30. The molecule has 2 aromatic heterocycles. The molecular weight excluding hydrogens is 246 g/mol. The Morgan fingerprint density at radius 2 is 2.29 bits per heavy atom. The SMILES string of the molecule is C(=Cc1cc(-c2cccs2)cs1)CNC1CC1. The normalized spacial score (nSPS) is 15.8. The first-order valence-electron chi connectivity index (χ1n) is 5.94. The van der Waals surface area contributed by atoms with Crippen molar-refractivity contribution in [1.82, 2.24) is 5.32 Å². The van der Waals surface area contributed by atoms with Gasteiger partial charge in [-0.05, 0) is 41.8 Å². The third-order valence-corrected chi connectivity index (χ3v) is 4.63. The molecule has 3 rings (SSSR count). The van der Waals surface area contributed by atoms with Gasteiger partial charge in [0, 0.05) is 27.9 Å². The third kappa shape index (κ3) is 3.06. The lowest BCUT2D eigenvalue weighted by molar-refractivity contribution is 0.754. The van der Waals surface area contributed by atoms with Crippen LogP contribution in [0.5, 0.6) is 0 Å². The van der Waals surface area contributed by atoms with E-state index < -0.39 is 0 Å². The molecule has 88 valence electrons. The van der Waals surface area contributed by atoms with Crippen LogP contribution in [0.3, 0.4) is 0 Å². The molecule has 0 bridgehead atoms. The lowest BCUT2D eigenvalue weighted by Crippen LogP contribution is -2.15. The summed E-state index contributed by atoms with van der Waals surface area (Å²) < 4.78 is 0. The predicted octanol–water partition coefficient (Wildman–Crippen LogP) is 4.24. The summed E-state index contributed by atoms with van der Waals surface area (Å²) in [6, 6.07) is 7.34. The fraction of sp³-hybridized carbons (Fsp3) is 0.286. The highest BCUT2D eigenvalue weighted by Crippen LogP contribution is 2.29. The van der Waals surface area contributed by atoms with Crippen LogP contribution < -0.4 is 5.32 Å². The van der Waals surface area contributed by atoms with Gasteiger partial charge in [-0.25, -0.2) is 0 Å². The zero-order valence-electron chi connectivity index (χ0n) is 9.56. The van der Waals surface area contributed by atoms with Crippen LogP contribution in [0.1, 0.15) is 17.7 Å². The molecule has 0 amide bonds. The van der Waals surface area contributed by atoms with Crippen molar-refractivity contribution in [2.24, 2.45) is 0 Å². The van der Waals surface area contributed by atoms with Crippen LogP contribution in [-0.2, 0) is 0 Å². The van der Waals surface area contributed by atoms with Crippen LogP contribution in [0.2, 0.25) is 0 Å². The standard InChI is InChI=1S/C14H15NS2/c1(7-15-12-5-6-12)3-13-9-11(10-17-13)14-4-2-8-16-14/h1-4,8-10,12,15H,5-7H2. The van der Waals surface area contributed by atoms with Crippen molar-refractivity contribution >= 4 is 28.7 Å². The van der Waals surface area contributed by atoms with E-state index in [-0.39, 0.29) is 0 Å². The van der Waals surface area contributed by atoms with Gasteiger partial charge < -0.3 is 5.32 Å². The first-order chi connectivity index (χ1) is 8.42. The van der Waals surface area contributed by atoms with Crippen molar-refractivity contribution in [2.75, 3.05) is 6.54 Å².